The fourth-order valence-electron chi connectivity index (χ4n) is 6.87. The normalized spacial score (nSPS) is 12.9. The molecule has 0 aliphatic heterocycles. The van der Waals surface area contributed by atoms with Crippen LogP contribution in [0.15, 0.2) is 97.2 Å². The molecule has 0 saturated carbocycles. The minimum Gasteiger partial charge on any atom is -0.462 e. The maximum Gasteiger partial charge on any atom is 0.306 e. The van der Waals surface area contributed by atoms with Gasteiger partial charge in [0.1, 0.15) is 13.2 Å². The summed E-state index contributed by atoms with van der Waals surface area (Å²) in [4.78, 5) is 37.9. The molecule has 64 heavy (non-hydrogen) atoms. The molecule has 1 atom stereocenters. The van der Waals surface area contributed by atoms with Crippen molar-refractivity contribution in [1.82, 2.24) is 0 Å². The third kappa shape index (κ3) is 49.3. The number of hydrogen-bond acceptors (Lipinski definition) is 6. The zero-order valence-electron chi connectivity index (χ0n) is 41.5. The van der Waals surface area contributed by atoms with Crippen LogP contribution in [0.25, 0.3) is 0 Å². The van der Waals surface area contributed by atoms with Gasteiger partial charge in [-0.3, -0.25) is 14.4 Å². The molecule has 0 saturated heterocycles. The average Bonchev–Trinajstić information content (AvgIpc) is 3.29. The first kappa shape index (κ1) is 60.3. The van der Waals surface area contributed by atoms with Gasteiger partial charge in [-0.25, -0.2) is 0 Å². The predicted molar refractivity (Wildman–Crippen MR) is 274 cm³/mol. The molecular formula is C58H96O6. The smallest absolute Gasteiger partial charge is 0.306 e. The molecule has 0 aliphatic carbocycles. The zero-order chi connectivity index (χ0) is 46.5. The van der Waals surface area contributed by atoms with Gasteiger partial charge in [-0.2, -0.15) is 0 Å². The largest absolute Gasteiger partial charge is 0.462 e. The predicted octanol–water partition coefficient (Wildman–Crippen LogP) is 17.4. The molecule has 0 aromatic heterocycles. The van der Waals surface area contributed by atoms with E-state index in [0.717, 1.165) is 83.5 Å². The Morgan fingerprint density at radius 3 is 1.17 bits per heavy atom. The van der Waals surface area contributed by atoms with E-state index >= 15 is 0 Å². The second-order valence-electron chi connectivity index (χ2n) is 17.1. The Morgan fingerprint density at radius 1 is 0.344 bits per heavy atom. The molecule has 6 heteroatoms. The van der Waals surface area contributed by atoms with E-state index in [2.05, 4.69) is 106 Å². The molecule has 0 spiro atoms. The summed E-state index contributed by atoms with van der Waals surface area (Å²) >= 11 is 0. The summed E-state index contributed by atoms with van der Waals surface area (Å²) in [7, 11) is 0. The Labute approximate surface area is 394 Å². The molecular weight excluding hydrogens is 793 g/mol. The Balaban J connectivity index is 4.48. The van der Waals surface area contributed by atoms with Crippen molar-refractivity contribution >= 4 is 17.9 Å². The highest BCUT2D eigenvalue weighted by atomic mass is 16.6. The van der Waals surface area contributed by atoms with Crippen molar-refractivity contribution in [2.75, 3.05) is 13.2 Å². The Kier molecular flexibility index (Phi) is 49.0. The van der Waals surface area contributed by atoms with Crippen molar-refractivity contribution in [1.29, 1.82) is 0 Å². The van der Waals surface area contributed by atoms with E-state index in [1.165, 1.54) is 103 Å². The molecule has 0 radical (unpaired) electrons. The lowest BCUT2D eigenvalue weighted by Crippen LogP contribution is -2.30. The van der Waals surface area contributed by atoms with Crippen LogP contribution in [-0.2, 0) is 28.6 Å². The fourth-order valence-corrected chi connectivity index (χ4v) is 6.87. The van der Waals surface area contributed by atoms with E-state index in [1.807, 2.05) is 12.2 Å². The van der Waals surface area contributed by atoms with Crippen molar-refractivity contribution in [3.05, 3.63) is 97.2 Å². The van der Waals surface area contributed by atoms with Crippen molar-refractivity contribution in [3.63, 3.8) is 0 Å². The lowest BCUT2D eigenvalue weighted by atomic mass is 10.1. The molecule has 6 nitrogen and oxygen atoms in total. The van der Waals surface area contributed by atoms with Gasteiger partial charge >= 0.3 is 17.9 Å². The average molecular weight is 889 g/mol. The Bertz CT molecular complexity index is 1300. The minimum atomic E-state index is -0.829. The van der Waals surface area contributed by atoms with Crippen LogP contribution in [0, 0.1) is 0 Å². The first-order valence-electron chi connectivity index (χ1n) is 26.3. The van der Waals surface area contributed by atoms with E-state index < -0.39 is 12.1 Å². The van der Waals surface area contributed by atoms with E-state index in [9.17, 15) is 14.4 Å². The van der Waals surface area contributed by atoms with E-state index in [1.54, 1.807) is 0 Å². The second-order valence-corrected chi connectivity index (χ2v) is 17.1. The summed E-state index contributed by atoms with van der Waals surface area (Å²) in [6.07, 6.45) is 68.4. The number of carbonyl (C=O) groups is 3. The third-order valence-electron chi connectivity index (χ3n) is 10.8. The topological polar surface area (TPSA) is 78.9 Å². The SMILES string of the molecule is CC/C=C\C/C=C\C/C=C\C/C=C\C/C=C\CCC(=O)OC(COC(=O)CCCCC/C=C\C=C/CCCC)COC(=O)CCCCCCCCC/C=C\CCCCCCCCCC. The van der Waals surface area contributed by atoms with Crippen LogP contribution in [0.2, 0.25) is 0 Å². The van der Waals surface area contributed by atoms with Crippen LogP contribution in [-0.4, -0.2) is 37.2 Å². The second kappa shape index (κ2) is 52.0. The molecule has 0 aromatic rings. The molecule has 0 aliphatic rings. The van der Waals surface area contributed by atoms with Crippen molar-refractivity contribution in [2.45, 2.75) is 239 Å². The van der Waals surface area contributed by atoms with Gasteiger partial charge in [-0.05, 0) is 96.3 Å². The number of carbonyl (C=O) groups excluding carboxylic acids is 3. The molecule has 1 unspecified atom stereocenters. The van der Waals surface area contributed by atoms with Crippen LogP contribution >= 0.6 is 0 Å². The van der Waals surface area contributed by atoms with Gasteiger partial charge in [0.15, 0.2) is 6.10 Å². The van der Waals surface area contributed by atoms with Crippen molar-refractivity contribution < 1.29 is 28.6 Å². The standard InChI is InChI=1S/C58H96O6/c1-4-7-10-13-16-19-22-24-26-28-29-30-32-33-36-39-42-45-48-51-57(60)63-54-55(53-62-56(59)50-47-44-41-38-35-21-18-15-12-9-6-3)64-58(61)52-49-46-43-40-37-34-31-27-25-23-20-17-14-11-8-5-2/h8,11,15,17-18,20-21,25,27-29,34-35,37,43,46,55H,4-7,9-10,12-14,16,19,22-24,26,30-33,36,38-42,44-45,47-54H2,1-3H3/b11-8-,18-15-,20-17-,27-25-,29-28-,35-21-,37-34-,46-43-. The van der Waals surface area contributed by atoms with Gasteiger partial charge in [0.25, 0.3) is 0 Å². The summed E-state index contributed by atoms with van der Waals surface area (Å²) in [6, 6.07) is 0. The summed E-state index contributed by atoms with van der Waals surface area (Å²) in [5.41, 5.74) is 0. The maximum absolute atomic E-state index is 12.8. The van der Waals surface area contributed by atoms with Crippen molar-refractivity contribution in [2.24, 2.45) is 0 Å². The highest BCUT2D eigenvalue weighted by Crippen LogP contribution is 2.13. The third-order valence-corrected chi connectivity index (χ3v) is 10.8. The summed E-state index contributed by atoms with van der Waals surface area (Å²) in [6.45, 7) is 6.37. The Morgan fingerprint density at radius 2 is 0.703 bits per heavy atom. The van der Waals surface area contributed by atoms with Crippen molar-refractivity contribution in [3.8, 4) is 0 Å². The maximum atomic E-state index is 12.8. The molecule has 0 rings (SSSR count). The monoisotopic (exact) mass is 889 g/mol. The zero-order valence-corrected chi connectivity index (χ0v) is 41.5. The van der Waals surface area contributed by atoms with Gasteiger partial charge in [-0.15, -0.1) is 0 Å². The van der Waals surface area contributed by atoms with E-state index in [0.29, 0.717) is 19.3 Å². The summed E-state index contributed by atoms with van der Waals surface area (Å²) in [5, 5.41) is 0. The molecule has 0 heterocycles. The number of unbranched alkanes of at least 4 members (excludes halogenated alkanes) is 20. The summed E-state index contributed by atoms with van der Waals surface area (Å²) < 4.78 is 16.7. The molecule has 0 aromatic carbocycles. The lowest BCUT2D eigenvalue weighted by Gasteiger charge is -2.18. The fraction of sp³-hybridized carbons (Fsp3) is 0.672. The van der Waals surface area contributed by atoms with Gasteiger partial charge in [-0.1, -0.05) is 214 Å². The number of hydrogen-bond donors (Lipinski definition) is 0. The molecule has 0 N–H and O–H groups in total. The minimum absolute atomic E-state index is 0.119. The number of rotatable bonds is 46. The number of allylic oxidation sites excluding steroid dienone is 16. The van der Waals surface area contributed by atoms with Crippen LogP contribution < -0.4 is 0 Å². The Hall–Kier alpha value is -3.67. The summed E-state index contributed by atoms with van der Waals surface area (Å²) in [5.74, 6) is -1.04. The highest BCUT2D eigenvalue weighted by molar-refractivity contribution is 5.71. The lowest BCUT2D eigenvalue weighted by molar-refractivity contribution is -0.166. The van der Waals surface area contributed by atoms with Crippen LogP contribution in [0.5, 0.6) is 0 Å². The van der Waals surface area contributed by atoms with Gasteiger partial charge in [0.05, 0.1) is 0 Å². The first-order chi connectivity index (χ1) is 31.5. The molecule has 364 valence electrons. The first-order valence-corrected chi connectivity index (χ1v) is 26.3. The molecule has 0 amide bonds. The van der Waals surface area contributed by atoms with E-state index in [4.69, 9.17) is 14.2 Å². The van der Waals surface area contributed by atoms with Gasteiger partial charge < -0.3 is 14.2 Å². The van der Waals surface area contributed by atoms with Gasteiger partial charge in [0, 0.05) is 19.3 Å². The van der Waals surface area contributed by atoms with Crippen LogP contribution in [0.3, 0.4) is 0 Å². The van der Waals surface area contributed by atoms with Crippen LogP contribution in [0.1, 0.15) is 233 Å². The number of esters is 3. The van der Waals surface area contributed by atoms with E-state index in [-0.39, 0.29) is 31.6 Å². The number of ether oxygens (including phenoxy) is 3. The highest BCUT2D eigenvalue weighted by Gasteiger charge is 2.19. The molecule has 0 bridgehead atoms. The van der Waals surface area contributed by atoms with Gasteiger partial charge in [0.2, 0.25) is 0 Å². The molecule has 0 fully saturated rings. The quantitative estimate of drug-likeness (QED) is 0.0199. The van der Waals surface area contributed by atoms with Crippen LogP contribution in [0.4, 0.5) is 0 Å².